The number of amides is 2. The largest absolute Gasteiger partial charge is 0.378 e. The fourth-order valence-corrected chi connectivity index (χ4v) is 3.08. The Labute approximate surface area is 152 Å². The molecule has 0 aromatic heterocycles. The van der Waals surface area contributed by atoms with Crippen molar-refractivity contribution in [3.63, 3.8) is 0 Å². The van der Waals surface area contributed by atoms with Crippen molar-refractivity contribution in [1.29, 1.82) is 0 Å². The Morgan fingerprint density at radius 3 is 2.52 bits per heavy atom. The second-order valence-corrected chi connectivity index (χ2v) is 7.10. The van der Waals surface area contributed by atoms with Gasteiger partial charge in [-0.3, -0.25) is 0 Å². The van der Waals surface area contributed by atoms with Crippen molar-refractivity contribution >= 4 is 29.2 Å². The van der Waals surface area contributed by atoms with E-state index in [0.29, 0.717) is 6.54 Å². The molecule has 2 aromatic carbocycles. The van der Waals surface area contributed by atoms with Gasteiger partial charge in [0, 0.05) is 36.9 Å². The second kappa shape index (κ2) is 9.32. The normalized spacial score (nSPS) is 10.4. The van der Waals surface area contributed by atoms with Crippen molar-refractivity contribution in [1.82, 2.24) is 5.32 Å². The number of thioether (sulfide) groups is 1. The zero-order valence-corrected chi connectivity index (χ0v) is 15.6. The average Bonchev–Trinajstić information content (AvgIpc) is 2.58. The topological polar surface area (TPSA) is 44.4 Å². The standard InChI is InChI=1S/C19H24FN3OS/c1-14-13-16(23(2)3)7-10-18(14)22-19(24)21-11-4-12-25-17-8-5-15(20)6-9-17/h5-10,13H,4,11-12H2,1-3H3,(H2,21,22,24). The molecule has 2 N–H and O–H groups in total. The quantitative estimate of drug-likeness (QED) is 0.564. The summed E-state index contributed by atoms with van der Waals surface area (Å²) in [5.41, 5.74) is 2.93. The van der Waals surface area contributed by atoms with Gasteiger partial charge in [0.15, 0.2) is 0 Å². The molecule has 0 aliphatic heterocycles. The molecule has 0 heterocycles. The van der Waals surface area contributed by atoms with Crippen molar-refractivity contribution in [3.05, 3.63) is 53.8 Å². The maximum Gasteiger partial charge on any atom is 0.319 e. The number of hydrogen-bond donors (Lipinski definition) is 2. The molecule has 0 saturated heterocycles. The van der Waals surface area contributed by atoms with E-state index in [0.717, 1.165) is 34.0 Å². The van der Waals surface area contributed by atoms with E-state index in [2.05, 4.69) is 10.6 Å². The number of benzene rings is 2. The van der Waals surface area contributed by atoms with E-state index < -0.39 is 0 Å². The van der Waals surface area contributed by atoms with Crippen LogP contribution in [0.1, 0.15) is 12.0 Å². The number of halogens is 1. The first-order valence-electron chi connectivity index (χ1n) is 8.17. The molecule has 0 fully saturated rings. The lowest BCUT2D eigenvalue weighted by Gasteiger charge is -2.15. The maximum atomic E-state index is 12.8. The first kappa shape index (κ1) is 19.1. The van der Waals surface area contributed by atoms with Crippen LogP contribution in [0.15, 0.2) is 47.4 Å². The smallest absolute Gasteiger partial charge is 0.319 e. The van der Waals surface area contributed by atoms with Crippen LogP contribution in [0, 0.1) is 12.7 Å². The summed E-state index contributed by atoms with van der Waals surface area (Å²) in [5.74, 6) is 0.638. The van der Waals surface area contributed by atoms with Gasteiger partial charge < -0.3 is 15.5 Å². The number of carbonyl (C=O) groups excluding carboxylic acids is 1. The van der Waals surface area contributed by atoms with E-state index >= 15 is 0 Å². The molecule has 2 aromatic rings. The van der Waals surface area contributed by atoms with Crippen molar-refractivity contribution < 1.29 is 9.18 Å². The van der Waals surface area contributed by atoms with Gasteiger partial charge in [-0.15, -0.1) is 11.8 Å². The molecule has 4 nitrogen and oxygen atoms in total. The van der Waals surface area contributed by atoms with Gasteiger partial charge in [-0.05, 0) is 67.1 Å². The highest BCUT2D eigenvalue weighted by Crippen LogP contribution is 2.21. The highest BCUT2D eigenvalue weighted by molar-refractivity contribution is 7.99. The molecule has 0 atom stereocenters. The fraction of sp³-hybridized carbons (Fsp3) is 0.316. The van der Waals surface area contributed by atoms with Crippen LogP contribution in [0.5, 0.6) is 0 Å². The third-order valence-corrected chi connectivity index (χ3v) is 4.76. The number of rotatable bonds is 7. The van der Waals surface area contributed by atoms with E-state index in [1.165, 1.54) is 12.1 Å². The first-order valence-corrected chi connectivity index (χ1v) is 9.15. The van der Waals surface area contributed by atoms with E-state index in [-0.39, 0.29) is 11.8 Å². The van der Waals surface area contributed by atoms with Crippen LogP contribution in [0.25, 0.3) is 0 Å². The second-order valence-electron chi connectivity index (χ2n) is 5.93. The van der Waals surface area contributed by atoms with E-state index in [4.69, 9.17) is 0 Å². The molecule has 134 valence electrons. The summed E-state index contributed by atoms with van der Waals surface area (Å²) in [6.45, 7) is 2.57. The minimum absolute atomic E-state index is 0.201. The predicted molar refractivity (Wildman–Crippen MR) is 104 cm³/mol. The Bertz CT molecular complexity index is 704. The van der Waals surface area contributed by atoms with Gasteiger partial charge in [-0.25, -0.2) is 9.18 Å². The summed E-state index contributed by atoms with van der Waals surface area (Å²) in [6, 6.07) is 12.2. The predicted octanol–water partition coefficient (Wildman–Crippen LogP) is 4.50. The lowest BCUT2D eigenvalue weighted by atomic mass is 10.1. The van der Waals surface area contributed by atoms with Crippen LogP contribution >= 0.6 is 11.8 Å². The van der Waals surface area contributed by atoms with Crippen LogP contribution in [-0.2, 0) is 0 Å². The Balaban J connectivity index is 1.69. The van der Waals surface area contributed by atoms with Crippen molar-refractivity contribution in [2.75, 3.05) is 36.6 Å². The molecule has 0 aliphatic rings. The summed E-state index contributed by atoms with van der Waals surface area (Å²) in [6.07, 6.45) is 0.841. The molecular formula is C19H24FN3OS. The number of anilines is 2. The third-order valence-electron chi connectivity index (χ3n) is 3.66. The van der Waals surface area contributed by atoms with Gasteiger partial charge in [0.1, 0.15) is 5.82 Å². The molecule has 0 radical (unpaired) electrons. The molecule has 0 spiro atoms. The van der Waals surface area contributed by atoms with E-state index in [1.807, 2.05) is 44.1 Å². The molecule has 25 heavy (non-hydrogen) atoms. The summed E-state index contributed by atoms with van der Waals surface area (Å²) in [7, 11) is 3.97. The Morgan fingerprint density at radius 2 is 1.88 bits per heavy atom. The molecule has 0 bridgehead atoms. The average molecular weight is 361 g/mol. The molecule has 2 rings (SSSR count). The summed E-state index contributed by atoms with van der Waals surface area (Å²) < 4.78 is 12.8. The third kappa shape index (κ3) is 6.31. The zero-order valence-electron chi connectivity index (χ0n) is 14.8. The summed E-state index contributed by atoms with van der Waals surface area (Å²) in [4.78, 5) is 15.0. The van der Waals surface area contributed by atoms with Crippen molar-refractivity contribution in [3.8, 4) is 0 Å². The van der Waals surface area contributed by atoms with Crippen LogP contribution in [0.4, 0.5) is 20.6 Å². The molecule has 0 unspecified atom stereocenters. The lowest BCUT2D eigenvalue weighted by molar-refractivity contribution is 0.252. The highest BCUT2D eigenvalue weighted by atomic mass is 32.2. The molecular weight excluding hydrogens is 337 g/mol. The first-order chi connectivity index (χ1) is 12.0. The van der Waals surface area contributed by atoms with Gasteiger partial charge in [0.25, 0.3) is 0 Å². The zero-order chi connectivity index (χ0) is 18.2. The Morgan fingerprint density at radius 1 is 1.16 bits per heavy atom. The van der Waals surface area contributed by atoms with Gasteiger partial charge in [0.2, 0.25) is 0 Å². The van der Waals surface area contributed by atoms with Crippen molar-refractivity contribution in [2.45, 2.75) is 18.2 Å². The van der Waals surface area contributed by atoms with Gasteiger partial charge >= 0.3 is 6.03 Å². The van der Waals surface area contributed by atoms with Crippen LogP contribution < -0.4 is 15.5 Å². The number of carbonyl (C=O) groups is 1. The maximum absolute atomic E-state index is 12.8. The van der Waals surface area contributed by atoms with Gasteiger partial charge in [-0.1, -0.05) is 0 Å². The van der Waals surface area contributed by atoms with Crippen molar-refractivity contribution in [2.24, 2.45) is 0 Å². The monoisotopic (exact) mass is 361 g/mol. The lowest BCUT2D eigenvalue weighted by Crippen LogP contribution is -2.30. The number of nitrogens with one attached hydrogen (secondary N) is 2. The summed E-state index contributed by atoms with van der Waals surface area (Å²) in [5, 5.41) is 5.73. The number of hydrogen-bond acceptors (Lipinski definition) is 3. The van der Waals surface area contributed by atoms with E-state index in [1.54, 1.807) is 23.9 Å². The molecule has 0 aliphatic carbocycles. The fourth-order valence-electron chi connectivity index (χ4n) is 2.23. The summed E-state index contributed by atoms with van der Waals surface area (Å²) >= 11 is 1.65. The minimum Gasteiger partial charge on any atom is -0.378 e. The van der Waals surface area contributed by atoms with Crippen LogP contribution in [0.3, 0.4) is 0 Å². The number of aryl methyl sites for hydroxylation is 1. The van der Waals surface area contributed by atoms with Crippen LogP contribution in [0.2, 0.25) is 0 Å². The Hall–Kier alpha value is -2.21. The van der Waals surface area contributed by atoms with Gasteiger partial charge in [0.05, 0.1) is 0 Å². The number of nitrogens with zero attached hydrogens (tertiary/aromatic N) is 1. The molecule has 0 saturated carbocycles. The number of urea groups is 1. The molecule has 6 heteroatoms. The van der Waals surface area contributed by atoms with E-state index in [9.17, 15) is 9.18 Å². The van der Waals surface area contributed by atoms with Crippen LogP contribution in [-0.4, -0.2) is 32.4 Å². The van der Waals surface area contributed by atoms with Gasteiger partial charge in [-0.2, -0.15) is 0 Å². The minimum atomic E-state index is -0.225. The Kier molecular flexibility index (Phi) is 7.13. The highest BCUT2D eigenvalue weighted by Gasteiger charge is 2.05. The SMILES string of the molecule is Cc1cc(N(C)C)ccc1NC(=O)NCCCSc1ccc(F)cc1. The molecule has 2 amide bonds.